The fourth-order valence-electron chi connectivity index (χ4n) is 8.59. The molecular weight excluding hydrogens is 582 g/mol. The van der Waals surface area contributed by atoms with Crippen molar-refractivity contribution in [3.05, 3.63) is 42.7 Å². The third kappa shape index (κ3) is 4.90. The number of carbonyl (C=O) groups is 2. The summed E-state index contributed by atoms with van der Waals surface area (Å²) in [4.78, 5) is 26.7. The molecule has 1 aromatic heterocycles. The molecule has 11 nitrogen and oxygen atoms in total. The summed E-state index contributed by atoms with van der Waals surface area (Å²) in [6.45, 7) is 14.0. The summed E-state index contributed by atoms with van der Waals surface area (Å²) in [7, 11) is 3.12. The fourth-order valence-corrected chi connectivity index (χ4v) is 8.59. The van der Waals surface area contributed by atoms with Gasteiger partial charge in [0.15, 0.2) is 34.7 Å². The van der Waals surface area contributed by atoms with E-state index in [0.29, 0.717) is 35.8 Å². The highest BCUT2D eigenvalue weighted by Crippen LogP contribution is 2.67. The zero-order chi connectivity index (χ0) is 33.2. The molecule has 2 heterocycles. The Kier molecular flexibility index (Phi) is 8.26. The van der Waals surface area contributed by atoms with Crippen molar-refractivity contribution < 1.29 is 48.0 Å². The molecule has 3 fully saturated rings. The molecule has 11 heteroatoms. The van der Waals surface area contributed by atoms with Gasteiger partial charge in [0.1, 0.15) is 17.9 Å². The van der Waals surface area contributed by atoms with Gasteiger partial charge in [0, 0.05) is 36.3 Å². The van der Waals surface area contributed by atoms with Crippen molar-refractivity contribution in [3.63, 3.8) is 0 Å². The maximum atomic E-state index is 14.3. The Hall–Kier alpha value is -3.25. The first-order chi connectivity index (χ1) is 21.0. The number of ketones is 1. The van der Waals surface area contributed by atoms with E-state index in [4.69, 9.17) is 28.2 Å². The van der Waals surface area contributed by atoms with Crippen LogP contribution in [0.4, 0.5) is 0 Å². The van der Waals surface area contributed by atoms with Crippen LogP contribution in [0, 0.1) is 16.7 Å². The number of aliphatic hydroxyl groups is 2. The minimum atomic E-state index is -2.21. The molecule has 0 unspecified atom stereocenters. The molecule has 2 aliphatic carbocycles. The van der Waals surface area contributed by atoms with Crippen LogP contribution in [0.25, 0.3) is 11.3 Å². The lowest BCUT2D eigenvalue weighted by Gasteiger charge is -2.71. The highest BCUT2D eigenvalue weighted by atomic mass is 16.6. The number of rotatable bonds is 8. The molecule has 0 radical (unpaired) electrons. The quantitative estimate of drug-likeness (QED) is 0.317. The number of Topliss-reactive ketones (excluding diaryl/α,β-unsaturated/α-hetero) is 1. The maximum Gasteiger partial charge on any atom is 0.303 e. The van der Waals surface area contributed by atoms with Gasteiger partial charge in [-0.3, -0.25) is 9.59 Å². The monoisotopic (exact) mass is 627 g/mol. The number of carbonyl (C=O) groups excluding carboxylic acids is 2. The molecule has 0 bridgehead atoms. The SMILES string of the molecule is C=C[C@@]1(C)CC(=O)[C@]2(O)[C@@]3(C)[C@@H](OCc4cc(-c5ccc(OC)c(OC)c5)no4)CCC(C)(C)[C@@H]3[C@H](O)[C@H](OC(C)=O)[C@@]2(C)O1. The fraction of sp³-hybridized carbons (Fsp3) is 0.618. The summed E-state index contributed by atoms with van der Waals surface area (Å²) in [5.74, 6) is -0.308. The van der Waals surface area contributed by atoms with Crippen LogP contribution in [0.2, 0.25) is 0 Å². The van der Waals surface area contributed by atoms with Crippen molar-refractivity contribution >= 4 is 11.8 Å². The van der Waals surface area contributed by atoms with Crippen LogP contribution in [-0.4, -0.2) is 76.5 Å². The lowest BCUT2D eigenvalue weighted by Crippen LogP contribution is -2.86. The second-order valence-corrected chi connectivity index (χ2v) is 13.9. The zero-order valence-electron chi connectivity index (χ0n) is 27.3. The molecule has 1 aromatic carbocycles. The van der Waals surface area contributed by atoms with Gasteiger partial charge in [0.25, 0.3) is 0 Å². The molecule has 0 spiro atoms. The number of aromatic nitrogens is 1. The van der Waals surface area contributed by atoms with Gasteiger partial charge in [-0.15, -0.1) is 6.58 Å². The molecule has 8 atom stereocenters. The number of hydrogen-bond donors (Lipinski definition) is 2. The minimum Gasteiger partial charge on any atom is -0.493 e. The van der Waals surface area contributed by atoms with Crippen LogP contribution in [0.5, 0.6) is 11.5 Å². The van der Waals surface area contributed by atoms with Gasteiger partial charge in [-0.05, 0) is 50.3 Å². The van der Waals surface area contributed by atoms with Gasteiger partial charge in [-0.2, -0.15) is 0 Å². The van der Waals surface area contributed by atoms with Crippen molar-refractivity contribution in [3.8, 4) is 22.8 Å². The van der Waals surface area contributed by atoms with E-state index in [1.807, 2.05) is 19.9 Å². The molecule has 45 heavy (non-hydrogen) atoms. The molecule has 1 saturated heterocycles. The van der Waals surface area contributed by atoms with Crippen LogP contribution >= 0.6 is 0 Å². The second kappa shape index (κ2) is 11.2. The number of benzene rings is 1. The Morgan fingerprint density at radius 1 is 1.13 bits per heavy atom. The molecular formula is C34H45NO10. The van der Waals surface area contributed by atoms with E-state index in [1.165, 1.54) is 19.9 Å². The Labute approximate surface area is 263 Å². The van der Waals surface area contributed by atoms with Crippen molar-refractivity contribution in [2.24, 2.45) is 16.7 Å². The van der Waals surface area contributed by atoms with E-state index < -0.39 is 63.6 Å². The van der Waals surface area contributed by atoms with E-state index >= 15 is 0 Å². The predicted molar refractivity (Wildman–Crippen MR) is 162 cm³/mol. The highest BCUT2D eigenvalue weighted by molar-refractivity contribution is 5.92. The summed E-state index contributed by atoms with van der Waals surface area (Å²) in [6.07, 6.45) is -0.904. The van der Waals surface area contributed by atoms with Crippen LogP contribution < -0.4 is 9.47 Å². The highest BCUT2D eigenvalue weighted by Gasteiger charge is 2.81. The number of hydrogen-bond acceptors (Lipinski definition) is 11. The van der Waals surface area contributed by atoms with Crippen molar-refractivity contribution in [1.82, 2.24) is 5.16 Å². The van der Waals surface area contributed by atoms with E-state index in [0.717, 1.165) is 5.56 Å². The molecule has 246 valence electrons. The van der Waals surface area contributed by atoms with Crippen LogP contribution in [-0.2, 0) is 30.4 Å². The molecule has 1 aliphatic heterocycles. The van der Waals surface area contributed by atoms with Gasteiger partial charge in [0.05, 0.1) is 32.0 Å². The molecule has 2 N–H and O–H groups in total. The lowest BCUT2D eigenvalue weighted by atomic mass is 9.39. The van der Waals surface area contributed by atoms with Crippen molar-refractivity contribution in [2.75, 3.05) is 14.2 Å². The zero-order valence-corrected chi connectivity index (χ0v) is 27.3. The Morgan fingerprint density at radius 3 is 2.44 bits per heavy atom. The number of esters is 1. The van der Waals surface area contributed by atoms with Gasteiger partial charge < -0.3 is 38.4 Å². The Balaban J connectivity index is 1.53. The van der Waals surface area contributed by atoms with Crippen molar-refractivity contribution in [1.29, 1.82) is 0 Å². The Morgan fingerprint density at radius 2 is 1.82 bits per heavy atom. The number of ether oxygens (including phenoxy) is 5. The first-order valence-electron chi connectivity index (χ1n) is 15.3. The van der Waals surface area contributed by atoms with E-state index in [1.54, 1.807) is 46.3 Å². The third-order valence-electron chi connectivity index (χ3n) is 10.7. The van der Waals surface area contributed by atoms with Gasteiger partial charge >= 0.3 is 5.97 Å². The minimum absolute atomic E-state index is 0.0105. The van der Waals surface area contributed by atoms with Crippen molar-refractivity contribution in [2.45, 2.75) is 103 Å². The maximum absolute atomic E-state index is 14.3. The normalized spacial score (nSPS) is 37.2. The first-order valence-corrected chi connectivity index (χ1v) is 15.3. The largest absolute Gasteiger partial charge is 0.493 e. The molecule has 2 saturated carbocycles. The third-order valence-corrected chi connectivity index (χ3v) is 10.7. The van der Waals surface area contributed by atoms with Crippen LogP contribution in [0.15, 0.2) is 41.4 Å². The molecule has 0 amide bonds. The smallest absolute Gasteiger partial charge is 0.303 e. The number of nitrogens with zero attached hydrogens (tertiary/aromatic N) is 1. The average Bonchev–Trinajstić information content (AvgIpc) is 3.45. The first kappa shape index (κ1) is 33.1. The van der Waals surface area contributed by atoms with Gasteiger partial charge in [-0.25, -0.2) is 0 Å². The van der Waals surface area contributed by atoms with Crippen LogP contribution in [0.3, 0.4) is 0 Å². The Bertz CT molecular complexity index is 1480. The molecule has 5 rings (SSSR count). The van der Waals surface area contributed by atoms with E-state index in [2.05, 4.69) is 11.7 Å². The van der Waals surface area contributed by atoms with Gasteiger partial charge in [0.2, 0.25) is 0 Å². The topological polar surface area (TPSA) is 147 Å². The molecule has 3 aliphatic rings. The number of aliphatic hydroxyl groups excluding tert-OH is 1. The van der Waals surface area contributed by atoms with E-state index in [-0.39, 0.29) is 13.0 Å². The summed E-state index contributed by atoms with van der Waals surface area (Å²) in [5, 5.41) is 29.2. The number of fused-ring (bicyclic) bond motifs is 3. The molecule has 2 aromatic rings. The van der Waals surface area contributed by atoms with Gasteiger partial charge in [-0.1, -0.05) is 32.0 Å². The standard InChI is InChI=1S/C34H45NO10/c1-10-31(5)17-25(37)34(39)32(6)26(13-14-30(3,4)28(32)27(38)29(43-19(2)36)33(34,7)45-31)42-18-21-16-22(35-44-21)20-11-12-23(40-8)24(15-20)41-9/h10-12,15-16,26-29,38-39H,1,13-14,17-18H2,2-9H3/t26-,27-,28-,29-,31-,32-,33+,34-/m0/s1. The van der Waals surface area contributed by atoms with Crippen LogP contribution in [0.1, 0.15) is 66.6 Å². The summed E-state index contributed by atoms with van der Waals surface area (Å²) < 4.78 is 35.1. The summed E-state index contributed by atoms with van der Waals surface area (Å²) in [5.41, 5.74) is -5.83. The average molecular weight is 628 g/mol. The summed E-state index contributed by atoms with van der Waals surface area (Å²) >= 11 is 0. The predicted octanol–water partition coefficient (Wildman–Crippen LogP) is 4.42. The number of methoxy groups -OCH3 is 2. The lowest BCUT2D eigenvalue weighted by molar-refractivity contribution is -0.373. The second-order valence-electron chi connectivity index (χ2n) is 13.9. The summed E-state index contributed by atoms with van der Waals surface area (Å²) in [6, 6.07) is 7.16. The van der Waals surface area contributed by atoms with E-state index in [9.17, 15) is 19.8 Å².